The number of nitrogens with zero attached hydrogens (tertiary/aromatic N) is 2. The van der Waals surface area contributed by atoms with Crippen LogP contribution in [0.5, 0.6) is 0 Å². The van der Waals surface area contributed by atoms with Crippen LogP contribution in [-0.2, 0) is 4.74 Å². The molecule has 2 rings (SSSR count). The molecule has 0 aliphatic carbocycles. The first-order chi connectivity index (χ1) is 7.75. The quantitative estimate of drug-likeness (QED) is 0.816. The third-order valence-electron chi connectivity index (χ3n) is 2.84. The summed E-state index contributed by atoms with van der Waals surface area (Å²) in [6, 6.07) is 1.52. The third kappa shape index (κ3) is 2.82. The Morgan fingerprint density at radius 1 is 1.69 bits per heavy atom. The van der Waals surface area contributed by atoms with Crippen molar-refractivity contribution in [1.29, 1.82) is 0 Å². The van der Waals surface area contributed by atoms with Gasteiger partial charge in [0.25, 0.3) is 5.56 Å². The van der Waals surface area contributed by atoms with Gasteiger partial charge in [-0.15, -0.1) is 0 Å². The topological polar surface area (TPSA) is 58.2 Å². The minimum Gasteiger partial charge on any atom is -0.381 e. The van der Waals surface area contributed by atoms with E-state index >= 15 is 0 Å². The van der Waals surface area contributed by atoms with Crippen molar-refractivity contribution in [1.82, 2.24) is 9.97 Å². The molecule has 1 aliphatic heterocycles. The summed E-state index contributed by atoms with van der Waals surface area (Å²) in [4.78, 5) is 19.8. The minimum atomic E-state index is -0.114. The predicted octanol–water partition coefficient (Wildman–Crippen LogP) is 0.633. The molecule has 0 saturated carbocycles. The van der Waals surface area contributed by atoms with E-state index in [4.69, 9.17) is 4.74 Å². The summed E-state index contributed by atoms with van der Waals surface area (Å²) in [5.41, 5.74) is -0.114. The first kappa shape index (κ1) is 11.1. The van der Waals surface area contributed by atoms with Crippen molar-refractivity contribution >= 4 is 5.82 Å². The van der Waals surface area contributed by atoms with Crippen LogP contribution in [0.1, 0.15) is 12.8 Å². The van der Waals surface area contributed by atoms with Gasteiger partial charge < -0.3 is 14.6 Å². The van der Waals surface area contributed by atoms with Crippen LogP contribution in [0.25, 0.3) is 0 Å². The van der Waals surface area contributed by atoms with Crippen LogP contribution in [0.3, 0.4) is 0 Å². The fraction of sp³-hybridized carbons (Fsp3) is 0.636. The Hall–Kier alpha value is -1.36. The number of aromatic amines is 1. The summed E-state index contributed by atoms with van der Waals surface area (Å²) in [5, 5.41) is 0. The van der Waals surface area contributed by atoms with Gasteiger partial charge in [0.05, 0.1) is 12.9 Å². The van der Waals surface area contributed by atoms with Crippen molar-refractivity contribution in [3.63, 3.8) is 0 Å². The number of hydrogen-bond acceptors (Lipinski definition) is 4. The molecule has 1 unspecified atom stereocenters. The number of anilines is 1. The van der Waals surface area contributed by atoms with Crippen LogP contribution in [0.15, 0.2) is 17.2 Å². The Balaban J connectivity index is 1.96. The molecule has 1 aliphatic rings. The predicted molar refractivity (Wildman–Crippen MR) is 61.7 cm³/mol. The molecule has 1 saturated heterocycles. The van der Waals surface area contributed by atoms with E-state index in [-0.39, 0.29) is 5.56 Å². The van der Waals surface area contributed by atoms with Crippen LogP contribution < -0.4 is 10.5 Å². The lowest BCUT2D eigenvalue weighted by Crippen LogP contribution is -2.31. The monoisotopic (exact) mass is 223 g/mol. The second-order valence-corrected chi connectivity index (χ2v) is 4.23. The number of nitrogens with one attached hydrogen (secondary N) is 1. The van der Waals surface area contributed by atoms with Crippen molar-refractivity contribution in [2.45, 2.75) is 12.8 Å². The van der Waals surface area contributed by atoms with Crippen LogP contribution in [0, 0.1) is 5.92 Å². The number of rotatable bonds is 3. The van der Waals surface area contributed by atoms with E-state index in [1.165, 1.54) is 18.8 Å². The summed E-state index contributed by atoms with van der Waals surface area (Å²) < 4.78 is 5.43. The van der Waals surface area contributed by atoms with E-state index < -0.39 is 0 Å². The normalized spacial score (nSPS) is 20.7. The molecular weight excluding hydrogens is 206 g/mol. The van der Waals surface area contributed by atoms with Gasteiger partial charge in [0.15, 0.2) is 0 Å². The number of H-pyrrole nitrogens is 1. The van der Waals surface area contributed by atoms with E-state index in [9.17, 15) is 4.79 Å². The van der Waals surface area contributed by atoms with E-state index in [1.807, 2.05) is 11.9 Å². The van der Waals surface area contributed by atoms with Gasteiger partial charge in [-0.25, -0.2) is 4.98 Å². The average Bonchev–Trinajstić information content (AvgIpc) is 2.30. The Morgan fingerprint density at radius 2 is 2.56 bits per heavy atom. The Bertz CT molecular complexity index is 385. The zero-order valence-corrected chi connectivity index (χ0v) is 9.48. The molecule has 1 aromatic rings. The largest absolute Gasteiger partial charge is 0.381 e. The lowest BCUT2D eigenvalue weighted by Gasteiger charge is -2.27. The van der Waals surface area contributed by atoms with Crippen LogP contribution >= 0.6 is 0 Å². The van der Waals surface area contributed by atoms with Crippen LogP contribution in [-0.4, -0.2) is 36.8 Å². The van der Waals surface area contributed by atoms with E-state index in [0.717, 1.165) is 26.2 Å². The molecule has 16 heavy (non-hydrogen) atoms. The van der Waals surface area contributed by atoms with Crippen molar-refractivity contribution in [3.05, 3.63) is 22.7 Å². The summed E-state index contributed by atoms with van der Waals surface area (Å²) >= 11 is 0. The van der Waals surface area contributed by atoms with Gasteiger partial charge in [-0.1, -0.05) is 0 Å². The van der Waals surface area contributed by atoms with Crippen LogP contribution in [0.2, 0.25) is 0 Å². The standard InChI is InChI=1S/C11H17N3O2/c1-14(6-9-3-2-4-16-7-9)10-5-11(15)13-8-12-10/h5,8-9H,2-4,6-7H2,1H3,(H,12,13,15). The van der Waals surface area contributed by atoms with Gasteiger partial charge in [-0.2, -0.15) is 0 Å². The van der Waals surface area contributed by atoms with Crippen molar-refractivity contribution < 1.29 is 4.74 Å². The van der Waals surface area contributed by atoms with Crippen molar-refractivity contribution in [3.8, 4) is 0 Å². The molecule has 0 spiro atoms. The highest BCUT2D eigenvalue weighted by Crippen LogP contribution is 2.16. The highest BCUT2D eigenvalue weighted by atomic mass is 16.5. The highest BCUT2D eigenvalue weighted by molar-refractivity contribution is 5.34. The van der Waals surface area contributed by atoms with Gasteiger partial charge in [0.2, 0.25) is 0 Å². The molecule has 1 atom stereocenters. The minimum absolute atomic E-state index is 0.114. The molecule has 5 heteroatoms. The first-order valence-corrected chi connectivity index (χ1v) is 5.59. The van der Waals surface area contributed by atoms with Crippen molar-refractivity contribution in [2.75, 3.05) is 31.7 Å². The van der Waals surface area contributed by atoms with Crippen molar-refractivity contribution in [2.24, 2.45) is 5.92 Å². The van der Waals surface area contributed by atoms with Gasteiger partial charge in [-0.05, 0) is 18.8 Å². The number of hydrogen-bond donors (Lipinski definition) is 1. The maximum absolute atomic E-state index is 11.1. The molecule has 0 radical (unpaired) electrons. The maximum atomic E-state index is 11.1. The molecule has 0 aromatic carbocycles. The highest BCUT2D eigenvalue weighted by Gasteiger charge is 2.16. The summed E-state index contributed by atoms with van der Waals surface area (Å²) in [5.74, 6) is 1.26. The van der Waals surface area contributed by atoms with Gasteiger partial charge in [0.1, 0.15) is 5.82 Å². The zero-order valence-electron chi connectivity index (χ0n) is 9.48. The average molecular weight is 223 g/mol. The smallest absolute Gasteiger partial charge is 0.252 e. The summed E-state index contributed by atoms with van der Waals surface area (Å²) in [6.45, 7) is 2.58. The molecule has 1 aromatic heterocycles. The summed E-state index contributed by atoms with van der Waals surface area (Å²) in [6.07, 6.45) is 3.75. The van der Waals surface area contributed by atoms with Crippen LogP contribution in [0.4, 0.5) is 5.82 Å². The SMILES string of the molecule is CN(CC1CCCOC1)c1cc(=O)[nH]cn1. The summed E-state index contributed by atoms with van der Waals surface area (Å²) in [7, 11) is 1.95. The molecule has 1 fully saturated rings. The zero-order chi connectivity index (χ0) is 11.4. The van der Waals surface area contributed by atoms with E-state index in [0.29, 0.717) is 11.7 Å². The van der Waals surface area contributed by atoms with Gasteiger partial charge in [-0.3, -0.25) is 4.79 Å². The Labute approximate surface area is 94.5 Å². The molecule has 2 heterocycles. The molecule has 0 bridgehead atoms. The fourth-order valence-corrected chi connectivity index (χ4v) is 2.00. The van der Waals surface area contributed by atoms with E-state index in [2.05, 4.69) is 9.97 Å². The molecule has 0 amide bonds. The lowest BCUT2D eigenvalue weighted by molar-refractivity contribution is 0.0576. The molecule has 5 nitrogen and oxygen atoms in total. The fourth-order valence-electron chi connectivity index (χ4n) is 2.00. The Morgan fingerprint density at radius 3 is 3.25 bits per heavy atom. The second kappa shape index (κ2) is 5.12. The molecular formula is C11H17N3O2. The van der Waals surface area contributed by atoms with Gasteiger partial charge in [0, 0.05) is 26.3 Å². The third-order valence-corrected chi connectivity index (χ3v) is 2.84. The lowest BCUT2D eigenvalue weighted by atomic mass is 10.0. The molecule has 1 N–H and O–H groups in total. The second-order valence-electron chi connectivity index (χ2n) is 4.23. The number of aromatic nitrogens is 2. The Kier molecular flexibility index (Phi) is 3.56. The van der Waals surface area contributed by atoms with Gasteiger partial charge >= 0.3 is 0 Å². The van der Waals surface area contributed by atoms with E-state index in [1.54, 1.807) is 0 Å². The first-order valence-electron chi connectivity index (χ1n) is 5.59. The molecule has 88 valence electrons. The number of ether oxygens (including phenoxy) is 1. The maximum Gasteiger partial charge on any atom is 0.252 e.